The van der Waals surface area contributed by atoms with E-state index in [0.717, 1.165) is 32.1 Å². The molecule has 0 saturated heterocycles. The van der Waals surface area contributed by atoms with Crippen molar-refractivity contribution in [2.24, 2.45) is 4.99 Å². The van der Waals surface area contributed by atoms with Gasteiger partial charge in [0.2, 0.25) is 0 Å². The summed E-state index contributed by atoms with van der Waals surface area (Å²) >= 11 is 0. The quantitative estimate of drug-likeness (QED) is 0.359. The summed E-state index contributed by atoms with van der Waals surface area (Å²) in [6.45, 7) is 11.4. The van der Waals surface area contributed by atoms with Gasteiger partial charge in [0, 0.05) is 33.3 Å². The van der Waals surface area contributed by atoms with E-state index in [4.69, 9.17) is 4.74 Å². The number of methoxy groups -OCH3 is 1. The van der Waals surface area contributed by atoms with Crippen LogP contribution in [0.25, 0.3) is 0 Å². The van der Waals surface area contributed by atoms with Crippen LogP contribution in [0.4, 0.5) is 0 Å². The van der Waals surface area contributed by atoms with E-state index in [1.807, 2.05) is 0 Å². The molecule has 0 aliphatic carbocycles. The monoisotopic (exact) mass is 386 g/mol. The standard InChI is InChI=1S/C13H30N4O.HI/c1-6-9-17(7-2)10-8-15-13(14-4)16-12(3)11-18-5;/h12H,6-11H2,1-5H3,(H2,14,15,16);1H. The van der Waals surface area contributed by atoms with Crippen molar-refractivity contribution >= 4 is 29.9 Å². The Balaban J connectivity index is 0. The fourth-order valence-corrected chi connectivity index (χ4v) is 1.80. The fraction of sp³-hybridized carbons (Fsp3) is 0.923. The molecule has 116 valence electrons. The average Bonchev–Trinajstić information content (AvgIpc) is 2.36. The largest absolute Gasteiger partial charge is 0.383 e. The smallest absolute Gasteiger partial charge is 0.191 e. The normalized spacial score (nSPS) is 13.1. The highest BCUT2D eigenvalue weighted by Crippen LogP contribution is 1.89. The van der Waals surface area contributed by atoms with Crippen LogP contribution in [0, 0.1) is 0 Å². The maximum Gasteiger partial charge on any atom is 0.191 e. The summed E-state index contributed by atoms with van der Waals surface area (Å²) in [7, 11) is 3.50. The number of nitrogens with zero attached hydrogens (tertiary/aromatic N) is 2. The zero-order valence-electron chi connectivity index (χ0n) is 13.0. The molecule has 0 amide bonds. The zero-order valence-corrected chi connectivity index (χ0v) is 15.4. The van der Waals surface area contributed by atoms with Gasteiger partial charge in [-0.25, -0.2) is 0 Å². The molecule has 0 aliphatic heterocycles. The second kappa shape index (κ2) is 14.3. The summed E-state index contributed by atoms with van der Waals surface area (Å²) in [5, 5.41) is 6.61. The molecule has 0 radical (unpaired) electrons. The number of halogens is 1. The van der Waals surface area contributed by atoms with Crippen molar-refractivity contribution in [2.45, 2.75) is 33.2 Å². The van der Waals surface area contributed by atoms with Gasteiger partial charge in [0.25, 0.3) is 0 Å². The van der Waals surface area contributed by atoms with Gasteiger partial charge in [-0.1, -0.05) is 13.8 Å². The average molecular weight is 386 g/mol. The molecule has 0 spiro atoms. The first-order valence-corrected chi connectivity index (χ1v) is 6.86. The number of guanidine groups is 1. The second-order valence-corrected chi connectivity index (χ2v) is 4.43. The van der Waals surface area contributed by atoms with Crippen LogP contribution in [0.2, 0.25) is 0 Å². The van der Waals surface area contributed by atoms with Crippen LogP contribution >= 0.6 is 24.0 Å². The van der Waals surface area contributed by atoms with Gasteiger partial charge in [-0.05, 0) is 26.4 Å². The number of hydrogen-bond acceptors (Lipinski definition) is 3. The van der Waals surface area contributed by atoms with E-state index >= 15 is 0 Å². The molecule has 1 atom stereocenters. The number of ether oxygens (including phenoxy) is 1. The Hall–Kier alpha value is -0.0800. The summed E-state index contributed by atoms with van der Waals surface area (Å²) in [6, 6.07) is 0.263. The summed E-state index contributed by atoms with van der Waals surface area (Å²) in [4.78, 5) is 6.63. The summed E-state index contributed by atoms with van der Waals surface area (Å²) in [5.41, 5.74) is 0. The Morgan fingerprint density at radius 3 is 2.47 bits per heavy atom. The lowest BCUT2D eigenvalue weighted by molar-refractivity contribution is 0.179. The van der Waals surface area contributed by atoms with Crippen LogP contribution in [-0.4, -0.2) is 63.8 Å². The van der Waals surface area contributed by atoms with Crippen molar-refractivity contribution in [3.8, 4) is 0 Å². The minimum atomic E-state index is 0. The van der Waals surface area contributed by atoms with Gasteiger partial charge in [-0.3, -0.25) is 4.99 Å². The molecule has 0 aromatic carbocycles. The lowest BCUT2D eigenvalue weighted by atomic mass is 10.3. The van der Waals surface area contributed by atoms with E-state index in [2.05, 4.69) is 41.3 Å². The lowest BCUT2D eigenvalue weighted by Crippen LogP contribution is -2.46. The molecular weight excluding hydrogens is 355 g/mol. The molecule has 0 bridgehead atoms. The molecule has 0 aromatic rings. The number of rotatable bonds is 9. The topological polar surface area (TPSA) is 48.9 Å². The molecule has 0 fully saturated rings. The van der Waals surface area contributed by atoms with Gasteiger partial charge in [0.15, 0.2) is 5.96 Å². The number of hydrogen-bond donors (Lipinski definition) is 2. The Morgan fingerprint density at radius 2 is 2.00 bits per heavy atom. The Bertz CT molecular complexity index is 227. The van der Waals surface area contributed by atoms with Crippen LogP contribution in [-0.2, 0) is 4.74 Å². The number of aliphatic imine (C=N–C) groups is 1. The van der Waals surface area contributed by atoms with Crippen LogP contribution < -0.4 is 10.6 Å². The zero-order chi connectivity index (χ0) is 13.8. The Labute approximate surface area is 135 Å². The Morgan fingerprint density at radius 1 is 1.32 bits per heavy atom. The molecule has 19 heavy (non-hydrogen) atoms. The molecular formula is C13H31IN4O. The number of likely N-dealkylation sites (N-methyl/N-ethyl adjacent to an activating group) is 1. The maximum atomic E-state index is 5.09. The minimum absolute atomic E-state index is 0. The maximum absolute atomic E-state index is 5.09. The van der Waals surface area contributed by atoms with Gasteiger partial charge >= 0.3 is 0 Å². The molecule has 0 saturated carbocycles. The van der Waals surface area contributed by atoms with Gasteiger partial charge in [-0.15, -0.1) is 24.0 Å². The first-order chi connectivity index (χ1) is 8.67. The van der Waals surface area contributed by atoms with Crippen molar-refractivity contribution < 1.29 is 4.74 Å². The van der Waals surface area contributed by atoms with Crippen molar-refractivity contribution in [2.75, 3.05) is 46.9 Å². The van der Waals surface area contributed by atoms with E-state index in [9.17, 15) is 0 Å². The minimum Gasteiger partial charge on any atom is -0.383 e. The molecule has 0 heterocycles. The molecule has 0 aliphatic rings. The third-order valence-corrected chi connectivity index (χ3v) is 2.73. The number of nitrogens with one attached hydrogen (secondary N) is 2. The van der Waals surface area contributed by atoms with E-state index < -0.39 is 0 Å². The van der Waals surface area contributed by atoms with E-state index in [1.165, 1.54) is 6.42 Å². The van der Waals surface area contributed by atoms with Crippen molar-refractivity contribution in [3.05, 3.63) is 0 Å². The lowest BCUT2D eigenvalue weighted by Gasteiger charge is -2.21. The first-order valence-electron chi connectivity index (χ1n) is 6.86. The van der Waals surface area contributed by atoms with Crippen molar-refractivity contribution in [3.63, 3.8) is 0 Å². The predicted octanol–water partition coefficient (Wildman–Crippen LogP) is 1.54. The molecule has 2 N–H and O–H groups in total. The van der Waals surface area contributed by atoms with Crippen molar-refractivity contribution in [1.82, 2.24) is 15.5 Å². The van der Waals surface area contributed by atoms with Gasteiger partial charge < -0.3 is 20.3 Å². The molecule has 6 heteroatoms. The van der Waals surface area contributed by atoms with Crippen LogP contribution in [0.1, 0.15) is 27.2 Å². The molecule has 1 unspecified atom stereocenters. The molecule has 5 nitrogen and oxygen atoms in total. The summed E-state index contributed by atoms with van der Waals surface area (Å²) in [6.07, 6.45) is 1.20. The fourth-order valence-electron chi connectivity index (χ4n) is 1.80. The van der Waals surface area contributed by atoms with Crippen LogP contribution in [0.3, 0.4) is 0 Å². The van der Waals surface area contributed by atoms with Crippen molar-refractivity contribution in [1.29, 1.82) is 0 Å². The van der Waals surface area contributed by atoms with E-state index in [-0.39, 0.29) is 30.0 Å². The third-order valence-electron chi connectivity index (χ3n) is 2.73. The van der Waals surface area contributed by atoms with Gasteiger partial charge in [-0.2, -0.15) is 0 Å². The van der Waals surface area contributed by atoms with Gasteiger partial charge in [0.1, 0.15) is 0 Å². The van der Waals surface area contributed by atoms with Gasteiger partial charge in [0.05, 0.1) is 6.61 Å². The predicted molar refractivity (Wildman–Crippen MR) is 93.7 cm³/mol. The SMILES string of the molecule is CCCN(CC)CCNC(=NC)NC(C)COC.I. The molecule has 0 rings (SSSR count). The summed E-state index contributed by atoms with van der Waals surface area (Å²) in [5.74, 6) is 0.840. The second-order valence-electron chi connectivity index (χ2n) is 4.43. The summed E-state index contributed by atoms with van der Waals surface area (Å²) < 4.78 is 5.09. The highest BCUT2D eigenvalue weighted by atomic mass is 127. The molecule has 0 aromatic heterocycles. The van der Waals surface area contributed by atoms with E-state index in [1.54, 1.807) is 14.2 Å². The first kappa shape index (κ1) is 21.2. The Kier molecular flexibility index (Phi) is 16.0. The van der Waals surface area contributed by atoms with E-state index in [0.29, 0.717) is 6.61 Å². The highest BCUT2D eigenvalue weighted by Gasteiger charge is 2.05. The third kappa shape index (κ3) is 11.4. The van der Waals surface area contributed by atoms with Crippen LogP contribution in [0.15, 0.2) is 4.99 Å². The highest BCUT2D eigenvalue weighted by molar-refractivity contribution is 14.0. The van der Waals surface area contributed by atoms with Crippen LogP contribution in [0.5, 0.6) is 0 Å².